The van der Waals surface area contributed by atoms with Crippen LogP contribution in [-0.2, 0) is 27.8 Å². The first-order valence-electron chi connectivity index (χ1n) is 9.26. The summed E-state index contributed by atoms with van der Waals surface area (Å²) in [7, 11) is -1.75. The molecule has 0 aliphatic carbocycles. The molecule has 164 valence electrons. The summed E-state index contributed by atoms with van der Waals surface area (Å²) in [4.78, 5) is 14.4. The summed E-state index contributed by atoms with van der Waals surface area (Å²) in [5, 5.41) is 0. The van der Waals surface area contributed by atoms with Crippen molar-refractivity contribution >= 4 is 28.3 Å². The molecule has 1 atom stereocenters. The summed E-state index contributed by atoms with van der Waals surface area (Å²) in [5.41, 5.74) is 1.19. The van der Waals surface area contributed by atoms with Crippen molar-refractivity contribution in [3.8, 4) is 0 Å². The molecule has 2 aliphatic rings. The molecular formula is C18H25ClF3N3O3S. The lowest BCUT2D eigenvalue weighted by atomic mass is 10.00. The molecule has 0 spiro atoms. The van der Waals surface area contributed by atoms with Gasteiger partial charge < -0.3 is 9.80 Å². The van der Waals surface area contributed by atoms with E-state index in [0.717, 1.165) is 24.9 Å². The molecule has 0 bridgehead atoms. The van der Waals surface area contributed by atoms with Gasteiger partial charge >= 0.3 is 12.1 Å². The fourth-order valence-electron chi connectivity index (χ4n) is 3.84. The van der Waals surface area contributed by atoms with Gasteiger partial charge in [-0.3, -0.25) is 4.79 Å². The Kier molecular flexibility index (Phi) is 7.58. The van der Waals surface area contributed by atoms with Gasteiger partial charge in [0.2, 0.25) is 10.0 Å². The Hall–Kier alpha value is -1.36. The van der Waals surface area contributed by atoms with Crippen molar-refractivity contribution in [3.05, 3.63) is 29.3 Å². The number of alkyl halides is 3. The second kappa shape index (κ2) is 9.20. The SMILES string of the molecule is CN1CCCC1CCNS(=O)(=O)c1ccc2c(c1)CN(C(=O)C(F)(F)F)CC2.Cl. The van der Waals surface area contributed by atoms with E-state index in [1.165, 1.54) is 12.1 Å². The van der Waals surface area contributed by atoms with Crippen LogP contribution in [0.2, 0.25) is 0 Å². The molecule has 0 aromatic heterocycles. The predicted octanol–water partition coefficient (Wildman–Crippen LogP) is 2.32. The number of fused-ring (bicyclic) bond motifs is 1. The van der Waals surface area contributed by atoms with Crippen molar-refractivity contribution in [2.45, 2.75) is 49.3 Å². The molecule has 1 aromatic rings. The quantitative estimate of drug-likeness (QED) is 0.739. The monoisotopic (exact) mass is 455 g/mol. The van der Waals surface area contributed by atoms with Gasteiger partial charge in [-0.1, -0.05) is 6.07 Å². The lowest BCUT2D eigenvalue weighted by Gasteiger charge is -2.29. The number of nitrogens with zero attached hydrogens (tertiary/aromatic N) is 2. The molecule has 1 unspecified atom stereocenters. The van der Waals surface area contributed by atoms with Crippen LogP contribution in [0.25, 0.3) is 0 Å². The molecule has 1 amide bonds. The maximum atomic E-state index is 12.7. The summed E-state index contributed by atoms with van der Waals surface area (Å²) in [6, 6.07) is 4.80. The molecule has 1 N–H and O–H groups in total. The number of nitrogens with one attached hydrogen (secondary N) is 1. The molecular weight excluding hydrogens is 431 g/mol. The molecule has 1 saturated heterocycles. The number of carbonyl (C=O) groups is 1. The van der Waals surface area contributed by atoms with E-state index in [1.807, 2.05) is 7.05 Å². The van der Waals surface area contributed by atoms with E-state index in [9.17, 15) is 26.4 Å². The van der Waals surface area contributed by atoms with Crippen molar-refractivity contribution in [1.82, 2.24) is 14.5 Å². The second-order valence-electron chi connectivity index (χ2n) is 7.37. The molecule has 29 heavy (non-hydrogen) atoms. The molecule has 1 aromatic carbocycles. The van der Waals surface area contributed by atoms with Crippen LogP contribution in [0.5, 0.6) is 0 Å². The highest BCUT2D eigenvalue weighted by Gasteiger charge is 2.43. The van der Waals surface area contributed by atoms with Gasteiger partial charge in [0.25, 0.3) is 0 Å². The lowest BCUT2D eigenvalue weighted by molar-refractivity contribution is -0.186. The smallest absolute Gasteiger partial charge is 0.330 e. The third-order valence-corrected chi connectivity index (χ3v) is 6.93. The Morgan fingerprint density at radius 2 is 1.97 bits per heavy atom. The van der Waals surface area contributed by atoms with Crippen LogP contribution in [0.1, 0.15) is 30.4 Å². The van der Waals surface area contributed by atoms with Crippen molar-refractivity contribution in [1.29, 1.82) is 0 Å². The largest absolute Gasteiger partial charge is 0.471 e. The van der Waals surface area contributed by atoms with Crippen LogP contribution < -0.4 is 4.72 Å². The first kappa shape index (κ1) is 23.9. The number of hydrogen-bond acceptors (Lipinski definition) is 4. The minimum Gasteiger partial charge on any atom is -0.330 e. The zero-order valence-electron chi connectivity index (χ0n) is 16.0. The van der Waals surface area contributed by atoms with Crippen LogP contribution in [0.15, 0.2) is 23.1 Å². The Balaban J connectivity index is 0.00000300. The minimum atomic E-state index is -4.93. The van der Waals surface area contributed by atoms with E-state index >= 15 is 0 Å². The van der Waals surface area contributed by atoms with Crippen LogP contribution >= 0.6 is 12.4 Å². The minimum absolute atomic E-state index is 0. The van der Waals surface area contributed by atoms with Gasteiger partial charge in [0.05, 0.1) is 4.90 Å². The van der Waals surface area contributed by atoms with Crippen LogP contribution in [0.4, 0.5) is 13.2 Å². The normalized spacial score (nSPS) is 20.3. The van der Waals surface area contributed by atoms with Crippen molar-refractivity contribution in [2.24, 2.45) is 0 Å². The highest BCUT2D eigenvalue weighted by atomic mass is 35.5. The van der Waals surface area contributed by atoms with Gasteiger partial charge in [-0.2, -0.15) is 13.2 Å². The van der Waals surface area contributed by atoms with Crippen LogP contribution in [-0.4, -0.2) is 63.0 Å². The Morgan fingerprint density at radius 1 is 1.24 bits per heavy atom. The summed E-state index contributed by atoms with van der Waals surface area (Å²) in [6.07, 6.45) is -1.82. The Morgan fingerprint density at radius 3 is 2.59 bits per heavy atom. The first-order valence-corrected chi connectivity index (χ1v) is 10.7. The van der Waals surface area contributed by atoms with Crippen LogP contribution in [0, 0.1) is 0 Å². The number of rotatable bonds is 5. The topological polar surface area (TPSA) is 69.7 Å². The molecule has 0 radical (unpaired) electrons. The number of likely N-dealkylation sites (tertiary alicyclic amines) is 1. The highest BCUT2D eigenvalue weighted by Crippen LogP contribution is 2.26. The number of benzene rings is 1. The molecule has 3 rings (SSSR count). The third kappa shape index (κ3) is 5.62. The Labute approximate surface area is 174 Å². The van der Waals surface area contributed by atoms with Gasteiger partial charge in [-0.05, 0) is 62.5 Å². The van der Waals surface area contributed by atoms with Gasteiger partial charge in [-0.15, -0.1) is 12.4 Å². The zero-order chi connectivity index (χ0) is 20.5. The van der Waals surface area contributed by atoms with Crippen molar-refractivity contribution in [3.63, 3.8) is 0 Å². The van der Waals surface area contributed by atoms with Gasteiger partial charge in [0.1, 0.15) is 0 Å². The average molecular weight is 456 g/mol. The van der Waals surface area contributed by atoms with E-state index < -0.39 is 22.1 Å². The summed E-state index contributed by atoms with van der Waals surface area (Å²) in [6.45, 7) is 1.02. The molecule has 0 saturated carbocycles. The molecule has 6 nitrogen and oxygen atoms in total. The van der Waals surface area contributed by atoms with Gasteiger partial charge in [0, 0.05) is 25.7 Å². The van der Waals surface area contributed by atoms with E-state index in [-0.39, 0.29) is 36.8 Å². The third-order valence-electron chi connectivity index (χ3n) is 5.47. The van der Waals surface area contributed by atoms with Crippen LogP contribution in [0.3, 0.4) is 0 Å². The maximum Gasteiger partial charge on any atom is 0.471 e. The standard InChI is InChI=1S/C18H24F3N3O3S.ClH/c1-23-9-2-3-15(23)6-8-22-28(26,27)16-5-4-13-7-10-24(12-14(13)11-16)17(25)18(19,20)21;/h4-5,11,15,22H,2-3,6-10,12H2,1H3;1H. The predicted molar refractivity (Wildman–Crippen MR) is 104 cm³/mol. The molecule has 2 aliphatic heterocycles. The van der Waals surface area contributed by atoms with E-state index in [4.69, 9.17) is 0 Å². The molecule has 2 heterocycles. The first-order chi connectivity index (χ1) is 13.1. The van der Waals surface area contributed by atoms with E-state index in [1.54, 1.807) is 6.07 Å². The fraction of sp³-hybridized carbons (Fsp3) is 0.611. The number of hydrogen-bond donors (Lipinski definition) is 1. The van der Waals surface area contributed by atoms with Gasteiger partial charge in [-0.25, -0.2) is 13.1 Å². The molecule has 1 fully saturated rings. The average Bonchev–Trinajstić information content (AvgIpc) is 3.04. The van der Waals surface area contributed by atoms with Gasteiger partial charge in [0.15, 0.2) is 0 Å². The number of amides is 1. The second-order valence-corrected chi connectivity index (χ2v) is 9.14. The van der Waals surface area contributed by atoms with E-state index in [0.29, 0.717) is 29.5 Å². The summed E-state index contributed by atoms with van der Waals surface area (Å²) in [5.74, 6) is -1.90. The van der Waals surface area contributed by atoms with Crippen molar-refractivity contribution < 1.29 is 26.4 Å². The number of carbonyl (C=O) groups excluding carboxylic acids is 1. The highest BCUT2D eigenvalue weighted by molar-refractivity contribution is 7.89. The summed E-state index contributed by atoms with van der Waals surface area (Å²) < 4.78 is 65.7. The zero-order valence-corrected chi connectivity index (χ0v) is 17.7. The van der Waals surface area contributed by atoms with E-state index in [2.05, 4.69) is 9.62 Å². The molecule has 11 heteroatoms. The number of halogens is 4. The number of sulfonamides is 1. The fourth-order valence-corrected chi connectivity index (χ4v) is 4.94. The maximum absolute atomic E-state index is 12.7. The Bertz CT molecular complexity index is 848. The summed E-state index contributed by atoms with van der Waals surface area (Å²) >= 11 is 0. The van der Waals surface area contributed by atoms with Crippen molar-refractivity contribution in [2.75, 3.05) is 26.7 Å². The lowest BCUT2D eigenvalue weighted by Crippen LogP contribution is -2.43.